The highest BCUT2D eigenvalue weighted by Crippen LogP contribution is 2.21. The average molecular weight is 330 g/mol. The second-order valence-electron chi connectivity index (χ2n) is 6.67. The fraction of sp³-hybridized carbons (Fsp3) is 0.471. The van der Waals surface area contributed by atoms with E-state index in [4.69, 9.17) is 10.2 Å². The van der Waals surface area contributed by atoms with E-state index in [1.165, 1.54) is 12.3 Å². The molecule has 1 saturated heterocycles. The van der Waals surface area contributed by atoms with Crippen molar-refractivity contribution < 1.29 is 9.21 Å². The Labute approximate surface area is 140 Å². The van der Waals surface area contributed by atoms with Crippen LogP contribution in [0.4, 0.5) is 5.69 Å². The summed E-state index contributed by atoms with van der Waals surface area (Å²) in [5.41, 5.74) is 5.81. The van der Waals surface area contributed by atoms with Crippen LogP contribution in [0.25, 0.3) is 11.5 Å². The van der Waals surface area contributed by atoms with E-state index in [0.717, 1.165) is 11.1 Å². The number of aromatic nitrogens is 2. The first kappa shape index (κ1) is 16.3. The van der Waals surface area contributed by atoms with Gasteiger partial charge in [-0.25, -0.2) is 4.68 Å². The molecule has 7 nitrogen and oxygen atoms in total. The Morgan fingerprint density at radius 3 is 2.71 bits per heavy atom. The number of carbonyl (C=O) groups excluding carboxylic acids is 1. The van der Waals surface area contributed by atoms with Crippen LogP contribution in [0.1, 0.15) is 20.3 Å². The van der Waals surface area contributed by atoms with Gasteiger partial charge in [-0.15, -0.1) is 0 Å². The number of nitrogens with two attached hydrogens (primary N) is 1. The molecule has 2 N–H and O–H groups in total. The number of piperidine rings is 1. The van der Waals surface area contributed by atoms with Crippen molar-refractivity contribution in [1.82, 2.24) is 14.7 Å². The molecule has 2 aromatic rings. The number of nitrogens with zero attached hydrogens (tertiary/aromatic N) is 3. The molecule has 2 atom stereocenters. The third-order valence-electron chi connectivity index (χ3n) is 4.28. The van der Waals surface area contributed by atoms with Crippen LogP contribution in [-0.2, 0) is 11.3 Å². The highest BCUT2D eigenvalue weighted by molar-refractivity contribution is 5.76. The van der Waals surface area contributed by atoms with E-state index in [2.05, 4.69) is 18.9 Å². The number of hydrogen-bond donors (Lipinski definition) is 1. The van der Waals surface area contributed by atoms with Crippen LogP contribution in [0.3, 0.4) is 0 Å². The van der Waals surface area contributed by atoms with Gasteiger partial charge >= 0.3 is 0 Å². The highest BCUT2D eigenvalue weighted by Gasteiger charge is 2.26. The van der Waals surface area contributed by atoms with E-state index in [0.29, 0.717) is 36.4 Å². The standard InChI is InChI=1S/C17H22N4O3/c1-11-6-12(2)9-20(8-11)16(22)10-21-17(23)13(18)7-14(19-21)15-4-3-5-24-15/h3-5,7,11-12H,6,8-10,18H2,1-2H3/t11-,12+. The van der Waals surface area contributed by atoms with Gasteiger partial charge in [0.2, 0.25) is 5.91 Å². The predicted octanol–water partition coefficient (Wildman–Crippen LogP) is 1.59. The van der Waals surface area contributed by atoms with Gasteiger partial charge < -0.3 is 15.1 Å². The van der Waals surface area contributed by atoms with Crippen molar-refractivity contribution in [3.8, 4) is 11.5 Å². The molecule has 3 rings (SSSR count). The monoisotopic (exact) mass is 330 g/mol. The number of likely N-dealkylation sites (tertiary alicyclic amines) is 1. The lowest BCUT2D eigenvalue weighted by Crippen LogP contribution is -2.45. The van der Waals surface area contributed by atoms with Crippen molar-refractivity contribution >= 4 is 11.6 Å². The molecule has 24 heavy (non-hydrogen) atoms. The normalized spacial score (nSPS) is 21.0. The van der Waals surface area contributed by atoms with E-state index in [9.17, 15) is 9.59 Å². The summed E-state index contributed by atoms with van der Waals surface area (Å²) in [6, 6.07) is 4.92. The van der Waals surface area contributed by atoms with E-state index >= 15 is 0 Å². The Balaban J connectivity index is 1.84. The van der Waals surface area contributed by atoms with E-state index in [-0.39, 0.29) is 18.1 Å². The van der Waals surface area contributed by atoms with Crippen LogP contribution in [0, 0.1) is 11.8 Å². The van der Waals surface area contributed by atoms with Crippen LogP contribution in [0.15, 0.2) is 33.7 Å². The van der Waals surface area contributed by atoms with Crippen LogP contribution in [-0.4, -0.2) is 33.7 Å². The number of rotatable bonds is 3. The third kappa shape index (κ3) is 3.34. The van der Waals surface area contributed by atoms with Crippen LogP contribution >= 0.6 is 0 Å². The van der Waals surface area contributed by atoms with Gasteiger partial charge in [0.25, 0.3) is 5.56 Å². The van der Waals surface area contributed by atoms with Crippen molar-refractivity contribution in [2.45, 2.75) is 26.8 Å². The number of anilines is 1. The largest absolute Gasteiger partial charge is 0.463 e. The minimum atomic E-state index is -0.461. The molecule has 1 amide bonds. The molecule has 3 heterocycles. The molecular formula is C17H22N4O3. The molecular weight excluding hydrogens is 308 g/mol. The fourth-order valence-electron chi connectivity index (χ4n) is 3.31. The highest BCUT2D eigenvalue weighted by atomic mass is 16.3. The molecule has 1 fully saturated rings. The Morgan fingerprint density at radius 1 is 1.38 bits per heavy atom. The zero-order valence-electron chi connectivity index (χ0n) is 13.9. The maximum atomic E-state index is 12.6. The van der Waals surface area contributed by atoms with E-state index in [1.54, 1.807) is 12.1 Å². The molecule has 0 saturated carbocycles. The zero-order valence-corrected chi connectivity index (χ0v) is 13.9. The average Bonchev–Trinajstić information content (AvgIpc) is 3.05. The van der Waals surface area contributed by atoms with Crippen LogP contribution < -0.4 is 11.3 Å². The third-order valence-corrected chi connectivity index (χ3v) is 4.28. The quantitative estimate of drug-likeness (QED) is 0.922. The van der Waals surface area contributed by atoms with E-state index < -0.39 is 5.56 Å². The maximum absolute atomic E-state index is 12.6. The summed E-state index contributed by atoms with van der Waals surface area (Å²) >= 11 is 0. The fourth-order valence-corrected chi connectivity index (χ4v) is 3.31. The van der Waals surface area contributed by atoms with Gasteiger partial charge in [0, 0.05) is 13.1 Å². The van der Waals surface area contributed by atoms with Crippen LogP contribution in [0.5, 0.6) is 0 Å². The van der Waals surface area contributed by atoms with Gasteiger partial charge in [0.05, 0.1) is 6.26 Å². The minimum absolute atomic E-state index is 0.0459. The number of amides is 1. The number of furan rings is 1. The van der Waals surface area contributed by atoms with Crippen molar-refractivity contribution in [3.63, 3.8) is 0 Å². The Kier molecular flexibility index (Phi) is 4.42. The van der Waals surface area contributed by atoms with Gasteiger partial charge in [-0.1, -0.05) is 13.8 Å². The summed E-state index contributed by atoms with van der Waals surface area (Å²) in [7, 11) is 0. The second-order valence-corrected chi connectivity index (χ2v) is 6.67. The predicted molar refractivity (Wildman–Crippen MR) is 90.1 cm³/mol. The van der Waals surface area contributed by atoms with Gasteiger partial charge in [0.1, 0.15) is 17.9 Å². The summed E-state index contributed by atoms with van der Waals surface area (Å²) in [6.07, 6.45) is 2.63. The van der Waals surface area contributed by atoms with Gasteiger partial charge in [-0.05, 0) is 36.5 Å². The van der Waals surface area contributed by atoms with Crippen molar-refractivity contribution in [2.24, 2.45) is 11.8 Å². The molecule has 2 aromatic heterocycles. The molecule has 0 spiro atoms. The number of nitrogen functional groups attached to an aromatic ring is 1. The maximum Gasteiger partial charge on any atom is 0.290 e. The lowest BCUT2D eigenvalue weighted by molar-refractivity contribution is -0.134. The minimum Gasteiger partial charge on any atom is -0.463 e. The summed E-state index contributed by atoms with van der Waals surface area (Å²) in [6.45, 7) is 5.58. The first-order valence-corrected chi connectivity index (χ1v) is 8.13. The molecule has 7 heteroatoms. The Bertz CT molecular complexity index is 772. The smallest absolute Gasteiger partial charge is 0.290 e. The van der Waals surface area contributed by atoms with Gasteiger partial charge in [-0.2, -0.15) is 5.10 Å². The van der Waals surface area contributed by atoms with Crippen molar-refractivity contribution in [3.05, 3.63) is 34.8 Å². The number of carbonyl (C=O) groups is 1. The summed E-state index contributed by atoms with van der Waals surface area (Å²) in [4.78, 5) is 26.6. The summed E-state index contributed by atoms with van der Waals surface area (Å²) in [5, 5.41) is 4.23. The summed E-state index contributed by atoms with van der Waals surface area (Å²) in [5.74, 6) is 1.31. The lowest BCUT2D eigenvalue weighted by Gasteiger charge is -2.35. The molecule has 128 valence electrons. The van der Waals surface area contributed by atoms with Crippen LogP contribution in [0.2, 0.25) is 0 Å². The first-order chi connectivity index (χ1) is 11.4. The summed E-state index contributed by atoms with van der Waals surface area (Å²) < 4.78 is 6.41. The van der Waals surface area contributed by atoms with Crippen molar-refractivity contribution in [1.29, 1.82) is 0 Å². The lowest BCUT2D eigenvalue weighted by atomic mass is 9.92. The molecule has 0 aromatic carbocycles. The molecule has 0 aliphatic carbocycles. The molecule has 0 radical (unpaired) electrons. The number of hydrogen-bond acceptors (Lipinski definition) is 5. The molecule has 0 unspecified atom stereocenters. The first-order valence-electron chi connectivity index (χ1n) is 8.13. The molecule has 0 bridgehead atoms. The molecule has 1 aliphatic heterocycles. The Hall–Kier alpha value is -2.57. The SMILES string of the molecule is C[C@@H]1C[C@H](C)CN(C(=O)Cn2nc(-c3ccco3)cc(N)c2=O)C1. The van der Waals surface area contributed by atoms with Gasteiger partial charge in [-0.3, -0.25) is 9.59 Å². The van der Waals surface area contributed by atoms with Gasteiger partial charge in [0.15, 0.2) is 5.76 Å². The van der Waals surface area contributed by atoms with E-state index in [1.807, 2.05) is 4.90 Å². The van der Waals surface area contributed by atoms with Crippen molar-refractivity contribution in [2.75, 3.05) is 18.8 Å². The molecule has 1 aliphatic rings. The second kappa shape index (κ2) is 6.51. The zero-order chi connectivity index (χ0) is 17.3. The topological polar surface area (TPSA) is 94.4 Å². The Morgan fingerprint density at radius 2 is 2.08 bits per heavy atom.